The predicted octanol–water partition coefficient (Wildman–Crippen LogP) is 1.79. The third-order valence-corrected chi connectivity index (χ3v) is 5.42. The Morgan fingerprint density at radius 1 is 1.07 bits per heavy atom. The molecule has 0 radical (unpaired) electrons. The number of benzene rings is 1. The number of aromatic nitrogens is 4. The van der Waals surface area contributed by atoms with Gasteiger partial charge in [0, 0.05) is 44.3 Å². The summed E-state index contributed by atoms with van der Waals surface area (Å²) in [5.74, 6) is 0.223. The molecule has 4 heterocycles. The van der Waals surface area contributed by atoms with Gasteiger partial charge in [0.25, 0.3) is 5.91 Å². The molecule has 1 aliphatic rings. The smallest absolute Gasteiger partial charge is 0.288 e. The van der Waals surface area contributed by atoms with E-state index in [4.69, 9.17) is 4.98 Å². The maximum Gasteiger partial charge on any atom is 0.288 e. The number of rotatable bonds is 4. The predicted molar refractivity (Wildman–Crippen MR) is 116 cm³/mol. The Morgan fingerprint density at radius 3 is 2.73 bits per heavy atom. The average Bonchev–Trinajstić information content (AvgIpc) is 3.28. The minimum Gasteiger partial charge on any atom is -0.369 e. The van der Waals surface area contributed by atoms with Crippen molar-refractivity contribution >= 4 is 34.0 Å². The van der Waals surface area contributed by atoms with Gasteiger partial charge in [-0.15, -0.1) is 0 Å². The largest absolute Gasteiger partial charge is 0.369 e. The molecule has 1 aliphatic heterocycles. The number of piperazine rings is 1. The lowest BCUT2D eigenvalue weighted by Gasteiger charge is -2.34. The minimum absolute atomic E-state index is 0.280. The summed E-state index contributed by atoms with van der Waals surface area (Å²) in [6.07, 6.45) is 4.86. The third-order valence-electron chi connectivity index (χ3n) is 5.42. The summed E-state index contributed by atoms with van der Waals surface area (Å²) >= 11 is 0. The van der Waals surface area contributed by atoms with E-state index < -0.39 is 0 Å². The summed E-state index contributed by atoms with van der Waals surface area (Å²) in [5.41, 5.74) is 9.81. The molecule has 0 atom stereocenters. The topological polar surface area (TPSA) is 90.7 Å². The molecule has 30 heavy (non-hydrogen) atoms. The Bertz CT molecular complexity index is 1200. The highest BCUT2D eigenvalue weighted by Gasteiger charge is 2.16. The average molecular weight is 402 g/mol. The number of fused-ring (bicyclic) bond motifs is 3. The van der Waals surface area contributed by atoms with E-state index in [1.807, 2.05) is 18.3 Å². The first-order chi connectivity index (χ1) is 14.7. The van der Waals surface area contributed by atoms with Crippen molar-refractivity contribution in [2.24, 2.45) is 0 Å². The van der Waals surface area contributed by atoms with Crippen LogP contribution in [0.2, 0.25) is 0 Å². The van der Waals surface area contributed by atoms with Crippen LogP contribution in [0, 0.1) is 0 Å². The van der Waals surface area contributed by atoms with Crippen molar-refractivity contribution in [2.75, 3.05) is 43.6 Å². The van der Waals surface area contributed by atoms with E-state index in [9.17, 15) is 4.79 Å². The van der Waals surface area contributed by atoms with E-state index in [1.54, 1.807) is 6.07 Å². The van der Waals surface area contributed by atoms with Gasteiger partial charge in [-0.3, -0.25) is 15.6 Å². The van der Waals surface area contributed by atoms with Crippen LogP contribution in [0.4, 0.5) is 11.5 Å². The van der Waals surface area contributed by atoms with Crippen molar-refractivity contribution in [3.63, 3.8) is 0 Å². The third kappa shape index (κ3) is 3.39. The number of hydrogen-bond acceptors (Lipinski definition) is 7. The fraction of sp³-hybridized carbons (Fsp3) is 0.238. The van der Waals surface area contributed by atoms with Gasteiger partial charge in [0.2, 0.25) is 0 Å². The van der Waals surface area contributed by atoms with Crippen molar-refractivity contribution in [3.8, 4) is 0 Å². The summed E-state index contributed by atoms with van der Waals surface area (Å²) in [6, 6.07) is 11.8. The number of anilines is 2. The van der Waals surface area contributed by atoms with Crippen LogP contribution in [0.3, 0.4) is 0 Å². The van der Waals surface area contributed by atoms with Gasteiger partial charge in [-0.1, -0.05) is 0 Å². The van der Waals surface area contributed by atoms with Crippen molar-refractivity contribution in [1.82, 2.24) is 29.7 Å². The van der Waals surface area contributed by atoms with Crippen LogP contribution in [-0.4, -0.2) is 63.4 Å². The van der Waals surface area contributed by atoms with Crippen LogP contribution in [0.15, 0.2) is 55.1 Å². The van der Waals surface area contributed by atoms with E-state index in [2.05, 4.69) is 60.3 Å². The van der Waals surface area contributed by atoms with E-state index in [1.165, 1.54) is 12.5 Å². The normalized spacial score (nSPS) is 14.9. The zero-order chi connectivity index (χ0) is 20.5. The fourth-order valence-corrected chi connectivity index (χ4v) is 3.73. The number of carbonyl (C=O) groups excluding carboxylic acids is 1. The number of nitrogens with zero attached hydrogens (tertiary/aromatic N) is 6. The molecule has 152 valence electrons. The standard InChI is InChI=1S/C21H22N8O/c1-27-9-11-28(12-10-27)15-4-5-18-17(13-15)24-20(19-3-2-8-29(18)19)25-26-21(30)16-6-7-22-14-23-16/h2-8,13-14H,9-12H2,1H3,(H,24,25)(H,26,30). The quantitative estimate of drug-likeness (QED) is 0.503. The summed E-state index contributed by atoms with van der Waals surface area (Å²) in [7, 11) is 2.15. The Hall–Kier alpha value is -3.72. The molecule has 9 nitrogen and oxygen atoms in total. The minimum atomic E-state index is -0.352. The van der Waals surface area contributed by atoms with Gasteiger partial charge in [-0.2, -0.15) is 0 Å². The van der Waals surface area contributed by atoms with Crippen molar-refractivity contribution in [1.29, 1.82) is 0 Å². The van der Waals surface area contributed by atoms with Crippen LogP contribution >= 0.6 is 0 Å². The molecule has 9 heteroatoms. The summed E-state index contributed by atoms with van der Waals surface area (Å²) in [4.78, 5) is 29.6. The van der Waals surface area contributed by atoms with E-state index in [-0.39, 0.29) is 11.6 Å². The Kier molecular flexibility index (Phi) is 4.64. The SMILES string of the molecule is CN1CCN(c2ccc3c(c2)nc(NNC(=O)c2ccncn2)c2cccn23)CC1. The first-order valence-electron chi connectivity index (χ1n) is 9.86. The fourth-order valence-electron chi connectivity index (χ4n) is 3.73. The Morgan fingerprint density at radius 2 is 1.93 bits per heavy atom. The molecule has 4 aromatic rings. The van der Waals surface area contributed by atoms with Crippen molar-refractivity contribution < 1.29 is 4.79 Å². The monoisotopic (exact) mass is 402 g/mol. The Balaban J connectivity index is 1.46. The van der Waals surface area contributed by atoms with Gasteiger partial charge in [-0.25, -0.2) is 15.0 Å². The second-order valence-electron chi connectivity index (χ2n) is 7.36. The van der Waals surface area contributed by atoms with Gasteiger partial charge < -0.3 is 14.2 Å². The highest BCUT2D eigenvalue weighted by Crippen LogP contribution is 2.26. The zero-order valence-electron chi connectivity index (χ0n) is 16.6. The van der Waals surface area contributed by atoms with Gasteiger partial charge >= 0.3 is 0 Å². The molecule has 5 rings (SSSR count). The van der Waals surface area contributed by atoms with Crippen LogP contribution in [0.25, 0.3) is 16.6 Å². The molecule has 0 bridgehead atoms. The van der Waals surface area contributed by atoms with Crippen LogP contribution in [0.1, 0.15) is 10.5 Å². The molecule has 1 fully saturated rings. The molecule has 1 aromatic carbocycles. The van der Waals surface area contributed by atoms with Gasteiger partial charge in [0.05, 0.1) is 16.6 Å². The van der Waals surface area contributed by atoms with Gasteiger partial charge in [0.15, 0.2) is 5.82 Å². The molecule has 1 saturated heterocycles. The molecular formula is C21H22N8O. The maximum atomic E-state index is 12.3. The maximum absolute atomic E-state index is 12.3. The van der Waals surface area contributed by atoms with E-state index in [0.717, 1.165) is 48.4 Å². The molecule has 1 amide bonds. The number of nitrogens with one attached hydrogen (secondary N) is 2. The molecular weight excluding hydrogens is 380 g/mol. The number of carbonyl (C=O) groups is 1. The molecule has 3 aromatic heterocycles. The van der Waals surface area contributed by atoms with Gasteiger partial charge in [-0.05, 0) is 43.4 Å². The Labute approximate surface area is 173 Å². The van der Waals surface area contributed by atoms with Crippen LogP contribution in [0.5, 0.6) is 0 Å². The van der Waals surface area contributed by atoms with E-state index >= 15 is 0 Å². The lowest BCUT2D eigenvalue weighted by atomic mass is 10.2. The molecule has 0 saturated carbocycles. The molecule has 0 spiro atoms. The number of hydrogen-bond donors (Lipinski definition) is 2. The lowest BCUT2D eigenvalue weighted by molar-refractivity contribution is 0.0957. The summed E-state index contributed by atoms with van der Waals surface area (Å²) < 4.78 is 2.06. The first kappa shape index (κ1) is 18.3. The van der Waals surface area contributed by atoms with Crippen molar-refractivity contribution in [2.45, 2.75) is 0 Å². The zero-order valence-corrected chi connectivity index (χ0v) is 16.6. The summed E-state index contributed by atoms with van der Waals surface area (Å²) in [5, 5.41) is 0. The van der Waals surface area contributed by atoms with E-state index in [0.29, 0.717) is 5.82 Å². The number of likely N-dealkylation sites (N-methyl/N-ethyl adjacent to an activating group) is 1. The lowest BCUT2D eigenvalue weighted by Crippen LogP contribution is -2.44. The second kappa shape index (κ2) is 7.60. The highest BCUT2D eigenvalue weighted by molar-refractivity contribution is 5.94. The van der Waals surface area contributed by atoms with Crippen LogP contribution < -0.4 is 15.8 Å². The number of hydrazine groups is 1. The molecule has 0 unspecified atom stereocenters. The van der Waals surface area contributed by atoms with Crippen LogP contribution in [-0.2, 0) is 0 Å². The second-order valence-corrected chi connectivity index (χ2v) is 7.36. The number of amides is 1. The molecule has 2 N–H and O–H groups in total. The van der Waals surface area contributed by atoms with Crippen molar-refractivity contribution in [3.05, 3.63) is 60.8 Å². The molecule has 0 aliphatic carbocycles. The van der Waals surface area contributed by atoms with Gasteiger partial charge in [0.1, 0.15) is 12.0 Å². The summed E-state index contributed by atoms with van der Waals surface area (Å²) in [6.45, 7) is 4.08. The first-order valence-corrected chi connectivity index (χ1v) is 9.86. The highest BCUT2D eigenvalue weighted by atomic mass is 16.2.